The van der Waals surface area contributed by atoms with Crippen molar-refractivity contribution in [1.29, 1.82) is 0 Å². The monoisotopic (exact) mass is 293 g/mol. The molecule has 1 N–H and O–H groups in total. The van der Waals surface area contributed by atoms with Crippen LogP contribution >= 0.6 is 0 Å². The molecule has 0 aromatic carbocycles. The second kappa shape index (κ2) is 18.8. The second-order valence-corrected chi connectivity index (χ2v) is 4.17. The number of hydrogen-bond acceptors (Lipinski definition) is 6. The first kappa shape index (κ1) is 19.8. The molecule has 0 aliphatic carbocycles. The van der Waals surface area contributed by atoms with Gasteiger partial charge in [0.2, 0.25) is 0 Å². The van der Waals surface area contributed by atoms with Crippen LogP contribution in [0.3, 0.4) is 0 Å². The van der Waals surface area contributed by atoms with Crippen molar-refractivity contribution >= 4 is 0 Å². The Labute approximate surface area is 123 Å². The lowest BCUT2D eigenvalue weighted by molar-refractivity contribution is -0.0107. The third-order valence-corrected chi connectivity index (χ3v) is 2.33. The maximum Gasteiger partial charge on any atom is 0.0701 e. The quantitative estimate of drug-likeness (QED) is 0.398. The molecule has 0 rings (SSSR count). The highest BCUT2D eigenvalue weighted by Gasteiger charge is 1.93. The van der Waals surface area contributed by atoms with Crippen LogP contribution in [0, 0.1) is 0 Å². The first-order valence-electron chi connectivity index (χ1n) is 7.45. The SMILES string of the molecule is CCCOCCOCCOCCOCCOCCNC. The third kappa shape index (κ3) is 17.8. The Bertz CT molecular complexity index is 154. The van der Waals surface area contributed by atoms with Gasteiger partial charge in [0.25, 0.3) is 0 Å². The molecular weight excluding hydrogens is 262 g/mol. The van der Waals surface area contributed by atoms with E-state index in [9.17, 15) is 0 Å². The molecule has 0 unspecified atom stereocenters. The summed E-state index contributed by atoms with van der Waals surface area (Å²) in [5.41, 5.74) is 0. The van der Waals surface area contributed by atoms with E-state index in [1.165, 1.54) is 0 Å². The lowest BCUT2D eigenvalue weighted by atomic mass is 10.5. The lowest BCUT2D eigenvalue weighted by Gasteiger charge is -2.07. The van der Waals surface area contributed by atoms with E-state index in [4.69, 9.17) is 23.7 Å². The standard InChI is InChI=1S/C14H31NO5/c1-3-5-16-7-9-18-11-13-20-14-12-19-10-8-17-6-4-15-2/h15H,3-14H2,1-2H3. The van der Waals surface area contributed by atoms with E-state index in [0.717, 1.165) is 26.2 Å². The molecule has 0 aromatic rings. The molecule has 0 spiro atoms. The van der Waals surface area contributed by atoms with Crippen molar-refractivity contribution in [3.63, 3.8) is 0 Å². The van der Waals surface area contributed by atoms with Crippen molar-refractivity contribution in [2.24, 2.45) is 0 Å². The molecule has 0 fully saturated rings. The van der Waals surface area contributed by atoms with Crippen molar-refractivity contribution in [1.82, 2.24) is 5.32 Å². The molecule has 0 heterocycles. The molecule has 6 heteroatoms. The molecule has 0 amide bonds. The Morgan fingerprint density at radius 2 is 0.900 bits per heavy atom. The minimum Gasteiger partial charge on any atom is -0.379 e. The van der Waals surface area contributed by atoms with Crippen molar-refractivity contribution in [3.05, 3.63) is 0 Å². The van der Waals surface area contributed by atoms with Crippen LogP contribution in [0.2, 0.25) is 0 Å². The Kier molecular flexibility index (Phi) is 18.5. The summed E-state index contributed by atoms with van der Waals surface area (Å²) in [4.78, 5) is 0. The van der Waals surface area contributed by atoms with Gasteiger partial charge in [-0.15, -0.1) is 0 Å². The third-order valence-electron chi connectivity index (χ3n) is 2.33. The maximum atomic E-state index is 5.36. The van der Waals surface area contributed by atoms with Crippen LogP contribution < -0.4 is 5.32 Å². The van der Waals surface area contributed by atoms with Crippen molar-refractivity contribution in [3.8, 4) is 0 Å². The van der Waals surface area contributed by atoms with Gasteiger partial charge in [-0.3, -0.25) is 0 Å². The Morgan fingerprint density at radius 1 is 0.550 bits per heavy atom. The fourth-order valence-corrected chi connectivity index (χ4v) is 1.30. The van der Waals surface area contributed by atoms with Gasteiger partial charge in [0.05, 0.1) is 59.5 Å². The van der Waals surface area contributed by atoms with Gasteiger partial charge in [-0.05, 0) is 13.5 Å². The van der Waals surface area contributed by atoms with Gasteiger partial charge in [0.1, 0.15) is 0 Å². The zero-order valence-electron chi connectivity index (χ0n) is 13.0. The summed E-state index contributed by atoms with van der Waals surface area (Å²) in [5.74, 6) is 0. The minimum atomic E-state index is 0.589. The number of rotatable bonds is 17. The van der Waals surface area contributed by atoms with E-state index in [0.29, 0.717) is 52.9 Å². The normalized spacial score (nSPS) is 11.1. The van der Waals surface area contributed by atoms with Gasteiger partial charge in [-0.1, -0.05) is 6.92 Å². The van der Waals surface area contributed by atoms with Crippen molar-refractivity contribution in [2.45, 2.75) is 13.3 Å². The largest absolute Gasteiger partial charge is 0.379 e. The van der Waals surface area contributed by atoms with Crippen LogP contribution in [-0.4, -0.2) is 79.7 Å². The van der Waals surface area contributed by atoms with Crippen LogP contribution in [0.5, 0.6) is 0 Å². The highest BCUT2D eigenvalue weighted by atomic mass is 16.6. The summed E-state index contributed by atoms with van der Waals surface area (Å²) in [6.07, 6.45) is 1.05. The van der Waals surface area contributed by atoms with E-state index < -0.39 is 0 Å². The van der Waals surface area contributed by atoms with Crippen LogP contribution in [0.4, 0.5) is 0 Å². The minimum absolute atomic E-state index is 0.589. The summed E-state index contributed by atoms with van der Waals surface area (Å²) in [6.45, 7) is 9.37. The summed E-state index contributed by atoms with van der Waals surface area (Å²) < 4.78 is 26.7. The first-order valence-corrected chi connectivity index (χ1v) is 7.45. The zero-order valence-corrected chi connectivity index (χ0v) is 13.0. The second-order valence-electron chi connectivity index (χ2n) is 4.17. The molecule has 0 saturated carbocycles. The van der Waals surface area contributed by atoms with Crippen molar-refractivity contribution < 1.29 is 23.7 Å². The smallest absolute Gasteiger partial charge is 0.0701 e. The summed E-state index contributed by atoms with van der Waals surface area (Å²) in [7, 11) is 1.90. The molecule has 6 nitrogen and oxygen atoms in total. The first-order chi connectivity index (χ1) is 9.91. The summed E-state index contributed by atoms with van der Waals surface area (Å²) >= 11 is 0. The molecule has 122 valence electrons. The van der Waals surface area contributed by atoms with E-state index in [2.05, 4.69) is 12.2 Å². The van der Waals surface area contributed by atoms with Crippen molar-refractivity contribution in [2.75, 3.05) is 79.7 Å². The molecule has 0 aromatic heterocycles. The predicted molar refractivity (Wildman–Crippen MR) is 78.3 cm³/mol. The fourth-order valence-electron chi connectivity index (χ4n) is 1.30. The van der Waals surface area contributed by atoms with E-state index in [-0.39, 0.29) is 0 Å². The van der Waals surface area contributed by atoms with Gasteiger partial charge in [0, 0.05) is 13.2 Å². The van der Waals surface area contributed by atoms with E-state index in [1.807, 2.05) is 7.05 Å². The van der Waals surface area contributed by atoms with Crippen LogP contribution in [0.1, 0.15) is 13.3 Å². The topological polar surface area (TPSA) is 58.2 Å². The van der Waals surface area contributed by atoms with Gasteiger partial charge < -0.3 is 29.0 Å². The zero-order chi connectivity index (χ0) is 14.7. The predicted octanol–water partition coefficient (Wildman–Crippen LogP) is 0.699. The average Bonchev–Trinajstić information content (AvgIpc) is 2.47. The van der Waals surface area contributed by atoms with E-state index in [1.54, 1.807) is 0 Å². The Balaban J connectivity index is 2.89. The molecule has 0 aliphatic heterocycles. The number of likely N-dealkylation sites (N-methyl/N-ethyl adjacent to an activating group) is 1. The number of hydrogen-bond donors (Lipinski definition) is 1. The maximum absolute atomic E-state index is 5.36. The summed E-state index contributed by atoms with van der Waals surface area (Å²) in [5, 5.41) is 3.01. The van der Waals surface area contributed by atoms with Gasteiger partial charge in [0.15, 0.2) is 0 Å². The molecule has 0 atom stereocenters. The van der Waals surface area contributed by atoms with Crippen LogP contribution in [0.25, 0.3) is 0 Å². The van der Waals surface area contributed by atoms with E-state index >= 15 is 0 Å². The molecule has 0 saturated heterocycles. The van der Waals surface area contributed by atoms with Crippen LogP contribution in [0.15, 0.2) is 0 Å². The molecule has 0 radical (unpaired) electrons. The fraction of sp³-hybridized carbons (Fsp3) is 1.00. The average molecular weight is 293 g/mol. The molecule has 0 aliphatic rings. The van der Waals surface area contributed by atoms with Crippen LogP contribution in [-0.2, 0) is 23.7 Å². The Morgan fingerprint density at radius 3 is 1.25 bits per heavy atom. The summed E-state index contributed by atoms with van der Waals surface area (Å²) in [6, 6.07) is 0. The Hall–Kier alpha value is -0.240. The highest BCUT2D eigenvalue weighted by Crippen LogP contribution is 1.84. The number of nitrogens with one attached hydrogen (secondary N) is 1. The van der Waals surface area contributed by atoms with Gasteiger partial charge in [-0.2, -0.15) is 0 Å². The van der Waals surface area contributed by atoms with Gasteiger partial charge >= 0.3 is 0 Å². The molecular formula is C14H31NO5. The highest BCUT2D eigenvalue weighted by molar-refractivity contribution is 4.37. The lowest BCUT2D eigenvalue weighted by Crippen LogP contribution is -2.17. The molecule has 20 heavy (non-hydrogen) atoms. The molecule has 0 bridgehead atoms. The number of ether oxygens (including phenoxy) is 5. The van der Waals surface area contributed by atoms with Gasteiger partial charge in [-0.25, -0.2) is 0 Å².